The molecule has 15 heteroatoms. The van der Waals surface area contributed by atoms with E-state index in [0.29, 0.717) is 0 Å². The van der Waals surface area contributed by atoms with Gasteiger partial charge in [-0.05, 0) is 23.6 Å². The van der Waals surface area contributed by atoms with Gasteiger partial charge in [-0.15, -0.1) is 11.3 Å². The number of rotatable bonds is 3. The molecule has 3 aromatic rings. The van der Waals surface area contributed by atoms with Crippen LogP contribution in [0, 0.1) is 0 Å². The highest BCUT2D eigenvalue weighted by atomic mass is 32.1. The summed E-state index contributed by atoms with van der Waals surface area (Å²) in [5.41, 5.74) is 2.32. The summed E-state index contributed by atoms with van der Waals surface area (Å²) in [6, 6.07) is 8.38. The molecule has 0 unspecified atom stereocenters. The number of halogens is 6. The van der Waals surface area contributed by atoms with Crippen molar-refractivity contribution in [1.29, 1.82) is 0 Å². The fourth-order valence-corrected chi connectivity index (χ4v) is 3.56. The Labute approximate surface area is 198 Å². The Morgan fingerprint density at radius 3 is 2.09 bits per heavy atom. The van der Waals surface area contributed by atoms with Gasteiger partial charge in [0.25, 0.3) is 0 Å². The molecule has 0 fully saturated rings. The van der Waals surface area contributed by atoms with Crippen molar-refractivity contribution in [2.45, 2.75) is 32.0 Å². The fourth-order valence-electron chi connectivity index (χ4n) is 2.81. The minimum Gasteiger partial charge on any atom is -0.475 e. The van der Waals surface area contributed by atoms with Gasteiger partial charge < -0.3 is 14.8 Å². The van der Waals surface area contributed by atoms with E-state index in [-0.39, 0.29) is 0 Å². The standard InChI is InChI=1S/C16H16N4S.2C2HF3O2/c1-3-13(9-17-5-1)15-10-18-16-12-19(6-7-20(15)16)11-14-4-2-8-21-14;2*3-2(4,5)1(6)7/h1-5,8-10H,6-7,11-12H2;2*(H,6,7). The van der Waals surface area contributed by atoms with E-state index in [2.05, 4.69) is 43.0 Å². The number of carboxylic acids is 2. The molecule has 3 aromatic heterocycles. The summed E-state index contributed by atoms with van der Waals surface area (Å²) in [4.78, 5) is 30.5. The van der Waals surface area contributed by atoms with E-state index < -0.39 is 24.3 Å². The lowest BCUT2D eigenvalue weighted by molar-refractivity contribution is -0.193. The molecule has 0 bridgehead atoms. The number of carbonyl (C=O) groups is 2. The fraction of sp³-hybridized carbons (Fsp3) is 0.300. The van der Waals surface area contributed by atoms with Crippen molar-refractivity contribution in [3.05, 3.63) is 58.9 Å². The Bertz CT molecular complexity index is 1080. The van der Waals surface area contributed by atoms with Crippen molar-refractivity contribution in [3.8, 4) is 11.3 Å². The van der Waals surface area contributed by atoms with Crippen LogP contribution in [-0.4, -0.2) is 60.5 Å². The van der Waals surface area contributed by atoms with Crippen LogP contribution in [0.15, 0.2) is 48.2 Å². The Kier molecular flexibility index (Phi) is 9.36. The Balaban J connectivity index is 0.000000257. The molecular weight excluding hydrogens is 506 g/mol. The van der Waals surface area contributed by atoms with Crippen LogP contribution in [0.1, 0.15) is 10.7 Å². The molecule has 0 atom stereocenters. The molecule has 8 nitrogen and oxygen atoms in total. The van der Waals surface area contributed by atoms with Crippen molar-refractivity contribution in [3.63, 3.8) is 0 Å². The van der Waals surface area contributed by atoms with Crippen LogP contribution in [0.25, 0.3) is 11.3 Å². The number of aliphatic carboxylic acids is 2. The molecule has 0 aliphatic carbocycles. The lowest BCUT2D eigenvalue weighted by Gasteiger charge is -2.28. The first-order valence-electron chi connectivity index (χ1n) is 9.58. The van der Waals surface area contributed by atoms with E-state index >= 15 is 0 Å². The van der Waals surface area contributed by atoms with Crippen molar-refractivity contribution >= 4 is 23.3 Å². The van der Waals surface area contributed by atoms with Gasteiger partial charge in [0.15, 0.2) is 0 Å². The molecular formula is C20H18F6N4O4S. The zero-order valence-corrected chi connectivity index (χ0v) is 18.4. The molecule has 1 aliphatic rings. The number of imidazole rings is 1. The predicted molar refractivity (Wildman–Crippen MR) is 111 cm³/mol. The molecule has 0 spiro atoms. The third kappa shape index (κ3) is 8.68. The maximum Gasteiger partial charge on any atom is 0.490 e. The normalized spacial score (nSPS) is 13.5. The second-order valence-corrected chi connectivity index (χ2v) is 7.88. The van der Waals surface area contributed by atoms with Gasteiger partial charge in [-0.1, -0.05) is 6.07 Å². The first kappa shape index (κ1) is 27.8. The topological polar surface area (TPSA) is 109 Å². The minimum atomic E-state index is -5.08. The van der Waals surface area contributed by atoms with Gasteiger partial charge in [0.2, 0.25) is 0 Å². The molecule has 0 amide bonds. The van der Waals surface area contributed by atoms with E-state index in [1.54, 1.807) is 6.20 Å². The second kappa shape index (κ2) is 11.8. The van der Waals surface area contributed by atoms with Gasteiger partial charge in [0, 0.05) is 42.5 Å². The monoisotopic (exact) mass is 524 g/mol. The third-order valence-electron chi connectivity index (χ3n) is 4.34. The van der Waals surface area contributed by atoms with E-state index in [0.717, 1.165) is 37.6 Å². The van der Waals surface area contributed by atoms with E-state index in [4.69, 9.17) is 19.8 Å². The van der Waals surface area contributed by atoms with Crippen LogP contribution in [0.3, 0.4) is 0 Å². The van der Waals surface area contributed by atoms with E-state index in [1.165, 1.54) is 10.6 Å². The van der Waals surface area contributed by atoms with Gasteiger partial charge in [-0.2, -0.15) is 26.3 Å². The average Bonchev–Trinajstić information content (AvgIpc) is 3.43. The van der Waals surface area contributed by atoms with Crippen LogP contribution in [0.4, 0.5) is 26.3 Å². The number of hydrogen-bond acceptors (Lipinski definition) is 6. The smallest absolute Gasteiger partial charge is 0.475 e. The van der Waals surface area contributed by atoms with Crippen LogP contribution >= 0.6 is 11.3 Å². The summed E-state index contributed by atoms with van der Waals surface area (Å²) in [7, 11) is 0. The summed E-state index contributed by atoms with van der Waals surface area (Å²) in [6.07, 6.45) is -4.48. The molecule has 190 valence electrons. The molecule has 2 N–H and O–H groups in total. The summed E-state index contributed by atoms with van der Waals surface area (Å²) >= 11 is 1.82. The number of pyridine rings is 1. The predicted octanol–water partition coefficient (Wildman–Crippen LogP) is 4.29. The lowest BCUT2D eigenvalue weighted by Crippen LogP contribution is -2.33. The zero-order valence-electron chi connectivity index (χ0n) is 17.6. The SMILES string of the molecule is O=C(O)C(F)(F)F.O=C(O)C(F)(F)F.c1cncc(-c2cnc3n2CCN(Cc2cccs2)C3)c1. The van der Waals surface area contributed by atoms with Crippen LogP contribution in [-0.2, 0) is 29.2 Å². The Morgan fingerprint density at radius 1 is 0.971 bits per heavy atom. The number of aromatic nitrogens is 3. The highest BCUT2D eigenvalue weighted by molar-refractivity contribution is 7.09. The maximum atomic E-state index is 10.6. The molecule has 35 heavy (non-hydrogen) atoms. The second-order valence-electron chi connectivity index (χ2n) is 6.85. The minimum absolute atomic E-state index is 0.915. The van der Waals surface area contributed by atoms with Gasteiger partial charge in [-0.3, -0.25) is 9.88 Å². The van der Waals surface area contributed by atoms with Gasteiger partial charge in [0.1, 0.15) is 5.82 Å². The van der Waals surface area contributed by atoms with Gasteiger partial charge in [0.05, 0.1) is 18.4 Å². The molecule has 0 radical (unpaired) electrons. The van der Waals surface area contributed by atoms with Crippen molar-refractivity contribution < 1.29 is 46.1 Å². The molecule has 0 saturated carbocycles. The maximum absolute atomic E-state index is 10.6. The Morgan fingerprint density at radius 2 is 1.60 bits per heavy atom. The summed E-state index contributed by atoms with van der Waals surface area (Å²) < 4.78 is 65.8. The number of nitrogens with zero attached hydrogens (tertiary/aromatic N) is 4. The average molecular weight is 524 g/mol. The summed E-state index contributed by atoms with van der Waals surface area (Å²) in [6.45, 7) is 3.99. The highest BCUT2D eigenvalue weighted by Gasteiger charge is 2.38. The quantitative estimate of drug-likeness (QED) is 0.492. The molecule has 4 heterocycles. The van der Waals surface area contributed by atoms with Crippen molar-refractivity contribution in [2.75, 3.05) is 6.54 Å². The van der Waals surface area contributed by atoms with Crippen molar-refractivity contribution in [1.82, 2.24) is 19.4 Å². The molecule has 0 saturated heterocycles. The Hall–Kier alpha value is -3.46. The third-order valence-corrected chi connectivity index (χ3v) is 5.21. The lowest BCUT2D eigenvalue weighted by atomic mass is 10.2. The number of alkyl halides is 6. The van der Waals surface area contributed by atoms with Gasteiger partial charge in [-0.25, -0.2) is 14.6 Å². The summed E-state index contributed by atoms with van der Waals surface area (Å²) in [5, 5.41) is 16.4. The molecule has 0 aromatic carbocycles. The first-order chi connectivity index (χ1) is 16.3. The first-order valence-corrected chi connectivity index (χ1v) is 10.5. The number of carboxylic acid groups (broad SMARTS) is 2. The largest absolute Gasteiger partial charge is 0.490 e. The number of fused-ring (bicyclic) bond motifs is 1. The van der Waals surface area contributed by atoms with Crippen LogP contribution in [0.2, 0.25) is 0 Å². The van der Waals surface area contributed by atoms with E-state index in [9.17, 15) is 26.3 Å². The van der Waals surface area contributed by atoms with Crippen LogP contribution in [0.5, 0.6) is 0 Å². The highest BCUT2D eigenvalue weighted by Crippen LogP contribution is 2.24. The van der Waals surface area contributed by atoms with Crippen LogP contribution < -0.4 is 0 Å². The van der Waals surface area contributed by atoms with Gasteiger partial charge >= 0.3 is 24.3 Å². The zero-order chi connectivity index (χ0) is 26.2. The number of thiophene rings is 1. The van der Waals surface area contributed by atoms with E-state index in [1.807, 2.05) is 29.8 Å². The molecule has 4 rings (SSSR count). The molecule has 1 aliphatic heterocycles. The number of hydrogen-bond donors (Lipinski definition) is 2. The summed E-state index contributed by atoms with van der Waals surface area (Å²) in [5.74, 6) is -4.36. The van der Waals surface area contributed by atoms with Crippen molar-refractivity contribution in [2.24, 2.45) is 0 Å².